The molecule has 50 heavy (non-hydrogen) atoms. The highest BCUT2D eigenvalue weighted by atomic mass is 15.0. The Labute approximate surface area is 290 Å². The Kier molecular flexibility index (Phi) is 5.79. The molecule has 1 aliphatic rings. The van der Waals surface area contributed by atoms with E-state index >= 15 is 0 Å². The normalized spacial score (nSPS) is 13.8. The molecule has 0 spiro atoms. The first-order valence-corrected chi connectivity index (χ1v) is 17.5. The second-order valence-corrected chi connectivity index (χ2v) is 13.6. The van der Waals surface area contributed by atoms with Gasteiger partial charge in [-0.1, -0.05) is 152 Å². The largest absolute Gasteiger partial charge is 0.309 e. The Morgan fingerprint density at radius 1 is 0.320 bits per heavy atom. The van der Waals surface area contributed by atoms with Crippen molar-refractivity contribution in [2.45, 2.75) is 5.92 Å². The topological polar surface area (TPSA) is 4.93 Å². The summed E-state index contributed by atoms with van der Waals surface area (Å²) >= 11 is 0. The van der Waals surface area contributed by atoms with Crippen molar-refractivity contribution in [1.29, 1.82) is 0 Å². The molecular weight excluding hydrogens is 603 g/mol. The zero-order chi connectivity index (χ0) is 32.8. The minimum absolute atomic E-state index is 0.223. The Bertz CT molecular complexity index is 2950. The molecule has 0 N–H and O–H groups in total. The summed E-state index contributed by atoms with van der Waals surface area (Å²) in [5.74, 6) is 0.223. The smallest absolute Gasteiger partial charge is 0.0547 e. The molecular formula is C49H31N. The van der Waals surface area contributed by atoms with Gasteiger partial charge in [0.05, 0.1) is 11.0 Å². The first-order chi connectivity index (χ1) is 24.8. The fourth-order valence-electron chi connectivity index (χ4n) is 8.86. The SMILES string of the molecule is c1ccc([C@@H]2c3ccccc3-c3ccc(-c4ccc5c6ccccc6n(-c6ccc7c8ccccc8c8ccccc8c7c6)c5c4)cc32)cc1. The van der Waals surface area contributed by atoms with E-state index in [0.29, 0.717) is 0 Å². The lowest BCUT2D eigenvalue weighted by atomic mass is 9.88. The number of fused-ring (bicyclic) bond motifs is 12. The third kappa shape index (κ3) is 3.89. The first kappa shape index (κ1) is 27.5. The summed E-state index contributed by atoms with van der Waals surface area (Å²) in [6, 6.07) is 67.5. The number of rotatable bonds is 3. The lowest BCUT2D eigenvalue weighted by molar-refractivity contribution is 1.02. The van der Waals surface area contributed by atoms with Gasteiger partial charge in [0.2, 0.25) is 0 Å². The van der Waals surface area contributed by atoms with Gasteiger partial charge in [-0.2, -0.15) is 0 Å². The molecule has 10 aromatic rings. The summed E-state index contributed by atoms with van der Waals surface area (Å²) in [5, 5.41) is 10.3. The molecule has 0 aliphatic heterocycles. The van der Waals surface area contributed by atoms with Gasteiger partial charge in [-0.25, -0.2) is 0 Å². The van der Waals surface area contributed by atoms with Crippen LogP contribution in [-0.2, 0) is 0 Å². The van der Waals surface area contributed by atoms with Crippen molar-refractivity contribution in [2.24, 2.45) is 0 Å². The van der Waals surface area contributed by atoms with Gasteiger partial charge in [-0.3, -0.25) is 0 Å². The molecule has 11 rings (SSSR count). The maximum absolute atomic E-state index is 2.47. The molecule has 9 aromatic carbocycles. The Hall–Kier alpha value is -6.44. The van der Waals surface area contributed by atoms with Gasteiger partial charge in [0.25, 0.3) is 0 Å². The minimum Gasteiger partial charge on any atom is -0.309 e. The molecule has 1 aromatic heterocycles. The average molecular weight is 634 g/mol. The maximum atomic E-state index is 2.47. The third-order valence-electron chi connectivity index (χ3n) is 11.1. The predicted octanol–water partition coefficient (Wildman–Crippen LogP) is 13.1. The van der Waals surface area contributed by atoms with Gasteiger partial charge in [0.1, 0.15) is 0 Å². The number of hydrogen-bond acceptors (Lipinski definition) is 0. The number of hydrogen-bond donors (Lipinski definition) is 0. The number of benzene rings is 9. The monoisotopic (exact) mass is 633 g/mol. The highest BCUT2D eigenvalue weighted by Crippen LogP contribution is 2.49. The van der Waals surface area contributed by atoms with Gasteiger partial charge in [0.15, 0.2) is 0 Å². The van der Waals surface area contributed by atoms with E-state index in [9.17, 15) is 0 Å². The molecule has 1 heterocycles. The molecule has 1 atom stereocenters. The van der Waals surface area contributed by atoms with Crippen LogP contribution >= 0.6 is 0 Å². The standard InChI is InChI=1S/C49H31N/c1-2-12-31(13-3-1)49-44-20-9-8-17-38(44)41-25-22-32(28-46(41)49)33-23-26-43-42-19-10-11-21-47(42)50(48(43)29-33)34-24-27-40-37-16-5-4-14-35(37)36-15-6-7-18-39(36)45(40)30-34/h1-30,49H/t49-/m1/s1. The molecule has 1 aliphatic carbocycles. The Morgan fingerprint density at radius 2 is 0.860 bits per heavy atom. The summed E-state index contributed by atoms with van der Waals surface area (Å²) in [5.41, 5.74) is 12.9. The van der Waals surface area contributed by atoms with Crippen LogP contribution in [-0.4, -0.2) is 4.57 Å². The van der Waals surface area contributed by atoms with Gasteiger partial charge < -0.3 is 4.57 Å². The van der Waals surface area contributed by atoms with Crippen LogP contribution in [0.4, 0.5) is 0 Å². The molecule has 0 radical (unpaired) electrons. The van der Waals surface area contributed by atoms with E-state index in [4.69, 9.17) is 0 Å². The lowest BCUT2D eigenvalue weighted by Gasteiger charge is -2.16. The van der Waals surface area contributed by atoms with E-state index in [1.807, 2.05) is 0 Å². The first-order valence-electron chi connectivity index (χ1n) is 17.5. The molecule has 0 saturated heterocycles. The van der Waals surface area contributed by atoms with Crippen molar-refractivity contribution in [1.82, 2.24) is 4.57 Å². The van der Waals surface area contributed by atoms with Crippen LogP contribution in [0, 0.1) is 0 Å². The van der Waals surface area contributed by atoms with Crippen molar-refractivity contribution in [3.8, 4) is 27.9 Å². The predicted molar refractivity (Wildman–Crippen MR) is 212 cm³/mol. The van der Waals surface area contributed by atoms with E-state index in [0.717, 1.165) is 0 Å². The molecule has 0 saturated carbocycles. The van der Waals surface area contributed by atoms with Crippen LogP contribution in [0.3, 0.4) is 0 Å². The maximum Gasteiger partial charge on any atom is 0.0547 e. The van der Waals surface area contributed by atoms with Gasteiger partial charge in [-0.15, -0.1) is 0 Å². The van der Waals surface area contributed by atoms with E-state index in [-0.39, 0.29) is 5.92 Å². The van der Waals surface area contributed by atoms with Crippen molar-refractivity contribution in [3.63, 3.8) is 0 Å². The molecule has 1 heteroatoms. The second kappa shape index (κ2) is 10.5. The zero-order valence-electron chi connectivity index (χ0n) is 27.3. The van der Waals surface area contributed by atoms with E-state index in [2.05, 4.69) is 187 Å². The molecule has 0 amide bonds. The van der Waals surface area contributed by atoms with Crippen molar-refractivity contribution in [3.05, 3.63) is 199 Å². The highest BCUT2D eigenvalue weighted by molar-refractivity contribution is 6.25. The quantitative estimate of drug-likeness (QED) is 0.171. The van der Waals surface area contributed by atoms with E-state index < -0.39 is 0 Å². The van der Waals surface area contributed by atoms with Crippen molar-refractivity contribution >= 4 is 54.1 Å². The molecule has 0 unspecified atom stereocenters. The summed E-state index contributed by atoms with van der Waals surface area (Å²) < 4.78 is 2.47. The summed E-state index contributed by atoms with van der Waals surface area (Å²) in [6.45, 7) is 0. The van der Waals surface area contributed by atoms with Crippen LogP contribution in [0.5, 0.6) is 0 Å². The summed E-state index contributed by atoms with van der Waals surface area (Å²) in [7, 11) is 0. The molecule has 0 fully saturated rings. The number of aromatic nitrogens is 1. The van der Waals surface area contributed by atoms with Gasteiger partial charge in [-0.05, 0) is 102 Å². The van der Waals surface area contributed by atoms with E-state index in [1.54, 1.807) is 0 Å². The number of para-hydroxylation sites is 1. The fraction of sp³-hybridized carbons (Fsp3) is 0.0204. The third-order valence-corrected chi connectivity index (χ3v) is 11.1. The molecule has 1 nitrogen and oxygen atoms in total. The van der Waals surface area contributed by atoms with E-state index in [1.165, 1.54) is 98.8 Å². The Balaban J connectivity index is 1.13. The minimum atomic E-state index is 0.223. The Morgan fingerprint density at radius 3 is 1.64 bits per heavy atom. The van der Waals surface area contributed by atoms with Crippen LogP contribution in [0.25, 0.3) is 82.1 Å². The lowest BCUT2D eigenvalue weighted by Crippen LogP contribution is -1.99. The summed E-state index contributed by atoms with van der Waals surface area (Å²) in [4.78, 5) is 0. The molecule has 232 valence electrons. The zero-order valence-corrected chi connectivity index (χ0v) is 27.3. The van der Waals surface area contributed by atoms with Crippen LogP contribution in [0.15, 0.2) is 182 Å². The average Bonchev–Trinajstić information content (AvgIpc) is 3.70. The van der Waals surface area contributed by atoms with Crippen LogP contribution in [0.2, 0.25) is 0 Å². The number of nitrogens with zero attached hydrogens (tertiary/aromatic N) is 1. The van der Waals surface area contributed by atoms with Crippen molar-refractivity contribution in [2.75, 3.05) is 0 Å². The van der Waals surface area contributed by atoms with Crippen molar-refractivity contribution < 1.29 is 0 Å². The van der Waals surface area contributed by atoms with Gasteiger partial charge in [0, 0.05) is 22.4 Å². The molecule has 0 bridgehead atoms. The highest BCUT2D eigenvalue weighted by Gasteiger charge is 2.30. The van der Waals surface area contributed by atoms with Crippen LogP contribution < -0.4 is 0 Å². The summed E-state index contributed by atoms with van der Waals surface area (Å²) in [6.07, 6.45) is 0. The second-order valence-electron chi connectivity index (χ2n) is 13.6. The van der Waals surface area contributed by atoms with Crippen LogP contribution in [0.1, 0.15) is 22.6 Å². The van der Waals surface area contributed by atoms with Gasteiger partial charge >= 0.3 is 0 Å². The fourth-order valence-corrected chi connectivity index (χ4v) is 8.86.